The lowest BCUT2D eigenvalue weighted by Crippen LogP contribution is -2.42. The second-order valence-electron chi connectivity index (χ2n) is 4.53. The van der Waals surface area contributed by atoms with Crippen molar-refractivity contribution in [2.24, 2.45) is 5.92 Å². The zero-order chi connectivity index (χ0) is 12.1. The van der Waals surface area contributed by atoms with Crippen molar-refractivity contribution in [2.45, 2.75) is 46.0 Å². The van der Waals surface area contributed by atoms with Gasteiger partial charge in [0.15, 0.2) is 0 Å². The highest BCUT2D eigenvalue weighted by Crippen LogP contribution is 2.24. The lowest BCUT2D eigenvalue weighted by molar-refractivity contribution is -0.144. The van der Waals surface area contributed by atoms with E-state index in [1.807, 2.05) is 11.7 Å². The molecule has 0 saturated carbocycles. The van der Waals surface area contributed by atoms with Gasteiger partial charge in [-0.15, -0.1) is 0 Å². The first-order chi connectivity index (χ1) is 7.58. The molecule has 1 fully saturated rings. The Balaban J connectivity index is 2.44. The molecule has 1 rings (SSSR count). The molecule has 0 radical (unpaired) electrons. The lowest BCUT2D eigenvalue weighted by atomic mass is 9.84. The third-order valence-electron chi connectivity index (χ3n) is 3.13. The van der Waals surface area contributed by atoms with Crippen molar-refractivity contribution in [3.63, 3.8) is 0 Å². The Morgan fingerprint density at radius 3 is 2.69 bits per heavy atom. The summed E-state index contributed by atoms with van der Waals surface area (Å²) in [6.07, 6.45) is 2.58. The molecular formula is C11H22BNO3. The van der Waals surface area contributed by atoms with E-state index < -0.39 is 7.05 Å². The number of carbonyl (C=O) groups excluding carboxylic acids is 1. The zero-order valence-electron chi connectivity index (χ0n) is 10.5. The maximum absolute atomic E-state index is 11.4. The van der Waals surface area contributed by atoms with Crippen molar-refractivity contribution in [3.8, 4) is 0 Å². The lowest BCUT2D eigenvalue weighted by Gasteiger charge is -2.24. The number of esters is 1. The van der Waals surface area contributed by atoms with Crippen LogP contribution in [0, 0.1) is 5.92 Å². The van der Waals surface area contributed by atoms with Crippen molar-refractivity contribution in [2.75, 3.05) is 13.1 Å². The van der Waals surface area contributed by atoms with Crippen LogP contribution in [0.15, 0.2) is 0 Å². The van der Waals surface area contributed by atoms with E-state index in [1.54, 1.807) is 6.82 Å². The second kappa shape index (κ2) is 6.25. The molecule has 92 valence electrons. The van der Waals surface area contributed by atoms with Crippen LogP contribution in [0.3, 0.4) is 0 Å². The number of nitrogens with zero attached hydrogens (tertiary/aromatic N) is 1. The number of hydrogen-bond acceptors (Lipinski definition) is 4. The number of hydrogen-bond donors (Lipinski definition) is 1. The summed E-state index contributed by atoms with van der Waals surface area (Å²) >= 11 is 0. The molecule has 5 heteroatoms. The van der Waals surface area contributed by atoms with E-state index in [2.05, 4.69) is 6.92 Å². The van der Waals surface area contributed by atoms with Gasteiger partial charge < -0.3 is 14.6 Å². The van der Waals surface area contributed by atoms with Crippen molar-refractivity contribution in [1.82, 2.24) is 4.81 Å². The molecule has 16 heavy (non-hydrogen) atoms. The molecule has 0 aromatic carbocycles. The minimum atomic E-state index is -0.473. The molecule has 1 saturated heterocycles. The monoisotopic (exact) mass is 227 g/mol. The summed E-state index contributed by atoms with van der Waals surface area (Å²) in [4.78, 5) is 13.4. The van der Waals surface area contributed by atoms with Gasteiger partial charge in [0.1, 0.15) is 6.10 Å². The molecule has 1 aliphatic heterocycles. The quantitative estimate of drug-likeness (QED) is 0.546. The highest BCUT2D eigenvalue weighted by molar-refractivity contribution is 6.45. The van der Waals surface area contributed by atoms with Crippen LogP contribution in [-0.4, -0.2) is 42.0 Å². The number of cyclic esters (lactones) is 1. The van der Waals surface area contributed by atoms with Crippen LogP contribution < -0.4 is 0 Å². The van der Waals surface area contributed by atoms with Crippen molar-refractivity contribution in [3.05, 3.63) is 0 Å². The third-order valence-corrected chi connectivity index (χ3v) is 3.13. The standard InChI is InChI=1S/C11H22BNO3/c1-4-6-13(12(3)15)8-10-7-9(5-2)11(14)16-10/h9-10,15H,4-8H2,1-3H3/t9-,10?/m1/s1. The zero-order valence-corrected chi connectivity index (χ0v) is 10.5. The predicted octanol–water partition coefficient (Wildman–Crippen LogP) is 1.15. The fourth-order valence-electron chi connectivity index (χ4n) is 2.15. The molecule has 1 N–H and O–H groups in total. The van der Waals surface area contributed by atoms with Gasteiger partial charge >= 0.3 is 13.0 Å². The average Bonchev–Trinajstić information content (AvgIpc) is 2.58. The SMILES string of the molecule is CCCN(CC1C[C@@H](CC)C(=O)O1)B(C)O. The van der Waals surface area contributed by atoms with E-state index in [0.29, 0.717) is 6.54 Å². The molecule has 0 bridgehead atoms. The predicted molar refractivity (Wildman–Crippen MR) is 64.0 cm³/mol. The van der Waals surface area contributed by atoms with E-state index >= 15 is 0 Å². The summed E-state index contributed by atoms with van der Waals surface area (Å²) in [5.41, 5.74) is 0. The molecule has 0 spiro atoms. The summed E-state index contributed by atoms with van der Waals surface area (Å²) in [7, 11) is -0.473. The molecule has 2 atom stereocenters. The number of ether oxygens (including phenoxy) is 1. The van der Waals surface area contributed by atoms with E-state index in [4.69, 9.17) is 4.74 Å². The van der Waals surface area contributed by atoms with Gasteiger partial charge in [-0.25, -0.2) is 0 Å². The fourth-order valence-corrected chi connectivity index (χ4v) is 2.15. The van der Waals surface area contributed by atoms with Gasteiger partial charge in [-0.2, -0.15) is 0 Å². The number of rotatable bonds is 6. The molecular weight excluding hydrogens is 205 g/mol. The summed E-state index contributed by atoms with van der Waals surface area (Å²) in [6.45, 7) is 7.32. The maximum Gasteiger partial charge on any atom is 0.376 e. The number of carbonyl (C=O) groups is 1. The van der Waals surface area contributed by atoms with Gasteiger partial charge in [0, 0.05) is 6.54 Å². The Kier molecular flexibility index (Phi) is 5.28. The minimum Gasteiger partial charge on any atom is -0.461 e. The summed E-state index contributed by atoms with van der Waals surface area (Å²) in [6, 6.07) is 0. The summed E-state index contributed by atoms with van der Waals surface area (Å²) < 4.78 is 5.30. The fraction of sp³-hybridized carbons (Fsp3) is 0.909. The topological polar surface area (TPSA) is 49.8 Å². The van der Waals surface area contributed by atoms with E-state index in [9.17, 15) is 9.82 Å². The summed E-state index contributed by atoms with van der Waals surface area (Å²) in [5.74, 6) is -0.0167. The smallest absolute Gasteiger partial charge is 0.376 e. The molecule has 1 unspecified atom stereocenters. The molecule has 0 aromatic rings. The van der Waals surface area contributed by atoms with Gasteiger partial charge in [0.25, 0.3) is 0 Å². The van der Waals surface area contributed by atoms with Gasteiger partial charge in [0.05, 0.1) is 5.92 Å². The normalized spacial score (nSPS) is 24.9. The van der Waals surface area contributed by atoms with Gasteiger partial charge in [-0.05, 0) is 32.6 Å². The molecule has 0 aliphatic carbocycles. The van der Waals surface area contributed by atoms with Crippen LogP contribution in [-0.2, 0) is 9.53 Å². The Bertz CT molecular complexity index is 235. The van der Waals surface area contributed by atoms with Crippen LogP contribution in [0.2, 0.25) is 6.82 Å². The Morgan fingerprint density at radius 1 is 1.56 bits per heavy atom. The van der Waals surface area contributed by atoms with E-state index in [1.165, 1.54) is 0 Å². The summed E-state index contributed by atoms with van der Waals surface area (Å²) in [5, 5.41) is 9.58. The first-order valence-electron chi connectivity index (χ1n) is 6.21. The first kappa shape index (κ1) is 13.5. The van der Waals surface area contributed by atoms with Crippen LogP contribution in [0.5, 0.6) is 0 Å². The van der Waals surface area contributed by atoms with Crippen molar-refractivity contribution < 1.29 is 14.6 Å². The largest absolute Gasteiger partial charge is 0.461 e. The van der Waals surface area contributed by atoms with Gasteiger partial charge in [-0.3, -0.25) is 4.79 Å². The maximum atomic E-state index is 11.4. The van der Waals surface area contributed by atoms with Crippen LogP contribution in [0.4, 0.5) is 0 Å². The van der Waals surface area contributed by atoms with Crippen molar-refractivity contribution in [1.29, 1.82) is 0 Å². The van der Waals surface area contributed by atoms with E-state index in [-0.39, 0.29) is 18.0 Å². The van der Waals surface area contributed by atoms with Crippen LogP contribution >= 0.6 is 0 Å². The molecule has 1 aliphatic rings. The molecule has 4 nitrogen and oxygen atoms in total. The van der Waals surface area contributed by atoms with Gasteiger partial charge in [0.2, 0.25) is 0 Å². The highest BCUT2D eigenvalue weighted by Gasteiger charge is 2.34. The third kappa shape index (κ3) is 3.49. The molecule has 0 aromatic heterocycles. The molecule has 1 heterocycles. The van der Waals surface area contributed by atoms with Gasteiger partial charge in [-0.1, -0.05) is 13.8 Å². The van der Waals surface area contributed by atoms with Crippen LogP contribution in [0.1, 0.15) is 33.1 Å². The Hall–Kier alpha value is -0.545. The van der Waals surface area contributed by atoms with E-state index in [0.717, 1.165) is 25.8 Å². The average molecular weight is 227 g/mol. The highest BCUT2D eigenvalue weighted by atomic mass is 16.6. The second-order valence-corrected chi connectivity index (χ2v) is 4.53. The minimum absolute atomic E-state index is 0.0430. The van der Waals surface area contributed by atoms with Crippen molar-refractivity contribution >= 4 is 13.0 Å². The Morgan fingerprint density at radius 2 is 2.25 bits per heavy atom. The first-order valence-corrected chi connectivity index (χ1v) is 6.21. The van der Waals surface area contributed by atoms with Crippen LogP contribution in [0.25, 0.3) is 0 Å². The molecule has 0 amide bonds. The Labute approximate surface area is 98.1 Å².